The lowest BCUT2D eigenvalue weighted by molar-refractivity contribution is 0.254. The normalized spacial score (nSPS) is 13.6. The van der Waals surface area contributed by atoms with E-state index in [2.05, 4.69) is 20.7 Å². The molecule has 0 saturated carbocycles. The Kier molecular flexibility index (Phi) is 4.93. The van der Waals surface area contributed by atoms with Crippen LogP contribution in [0.5, 0.6) is 0 Å². The quantitative estimate of drug-likeness (QED) is 0.707. The Labute approximate surface area is 109 Å². The van der Waals surface area contributed by atoms with E-state index in [1.54, 1.807) is 13.0 Å². The minimum absolute atomic E-state index is 0.0209. The number of sulfonamides is 1. The first-order valence-corrected chi connectivity index (χ1v) is 7.36. The van der Waals surface area contributed by atoms with Crippen LogP contribution in [0.1, 0.15) is 13.3 Å². The van der Waals surface area contributed by atoms with Crippen LogP contribution in [0.4, 0.5) is 5.69 Å². The third-order valence-electron chi connectivity index (χ3n) is 2.30. The summed E-state index contributed by atoms with van der Waals surface area (Å²) in [7, 11) is -3.69. The Morgan fingerprint density at radius 3 is 2.65 bits per heavy atom. The van der Waals surface area contributed by atoms with Crippen molar-refractivity contribution in [2.45, 2.75) is 24.3 Å². The number of hydrogen-bond donors (Lipinski definition) is 3. The average molecular weight is 323 g/mol. The Hall–Kier alpha value is -0.630. The highest BCUT2D eigenvalue weighted by molar-refractivity contribution is 9.10. The molecule has 96 valence electrons. The van der Waals surface area contributed by atoms with Crippen molar-refractivity contribution in [3.63, 3.8) is 0 Å². The van der Waals surface area contributed by atoms with Crippen LogP contribution in [-0.2, 0) is 10.0 Å². The lowest BCUT2D eigenvalue weighted by atomic mass is 10.3. The van der Waals surface area contributed by atoms with Crippen LogP contribution in [0.25, 0.3) is 0 Å². The van der Waals surface area contributed by atoms with Crippen molar-refractivity contribution in [2.24, 2.45) is 0 Å². The molecule has 0 heterocycles. The Morgan fingerprint density at radius 2 is 2.18 bits per heavy atom. The van der Waals surface area contributed by atoms with Crippen molar-refractivity contribution in [3.05, 3.63) is 22.7 Å². The molecule has 1 unspecified atom stereocenters. The number of nitrogens with two attached hydrogens (primary N) is 1. The van der Waals surface area contributed by atoms with Gasteiger partial charge in [-0.05, 0) is 24.6 Å². The van der Waals surface area contributed by atoms with E-state index in [9.17, 15) is 8.42 Å². The number of aliphatic hydroxyl groups is 1. The summed E-state index contributed by atoms with van der Waals surface area (Å²) < 4.78 is 27.1. The topological polar surface area (TPSA) is 92.4 Å². The predicted molar refractivity (Wildman–Crippen MR) is 70.0 cm³/mol. The first kappa shape index (κ1) is 14.4. The zero-order chi connectivity index (χ0) is 13.1. The molecule has 0 fully saturated rings. The summed E-state index contributed by atoms with van der Waals surface area (Å²) in [6.45, 7) is 1.54. The molecule has 0 spiro atoms. The van der Waals surface area contributed by atoms with Gasteiger partial charge in [0.1, 0.15) is 4.90 Å². The van der Waals surface area contributed by atoms with E-state index in [0.29, 0.717) is 10.9 Å². The molecular weight excluding hydrogens is 308 g/mol. The van der Waals surface area contributed by atoms with E-state index < -0.39 is 16.1 Å². The van der Waals surface area contributed by atoms with Gasteiger partial charge in [-0.25, -0.2) is 13.1 Å². The van der Waals surface area contributed by atoms with Gasteiger partial charge in [-0.15, -0.1) is 0 Å². The van der Waals surface area contributed by atoms with Crippen LogP contribution < -0.4 is 10.5 Å². The smallest absolute Gasteiger partial charge is 0.242 e. The van der Waals surface area contributed by atoms with Gasteiger partial charge in [0.2, 0.25) is 10.0 Å². The van der Waals surface area contributed by atoms with E-state index in [1.807, 2.05) is 0 Å². The van der Waals surface area contributed by atoms with Gasteiger partial charge in [-0.1, -0.05) is 22.9 Å². The van der Waals surface area contributed by atoms with Crippen molar-refractivity contribution in [1.82, 2.24) is 4.72 Å². The zero-order valence-corrected chi connectivity index (χ0v) is 11.8. The second-order valence-electron chi connectivity index (χ2n) is 3.59. The number of rotatable bonds is 5. The Morgan fingerprint density at radius 1 is 1.53 bits per heavy atom. The molecule has 7 heteroatoms. The molecule has 0 bridgehead atoms. The third-order valence-corrected chi connectivity index (χ3v) is 4.38. The number of nitrogens with one attached hydrogen (secondary N) is 1. The van der Waals surface area contributed by atoms with E-state index in [1.165, 1.54) is 12.1 Å². The monoisotopic (exact) mass is 322 g/mol. The van der Waals surface area contributed by atoms with Gasteiger partial charge in [0.05, 0.1) is 12.3 Å². The fraction of sp³-hybridized carbons (Fsp3) is 0.400. The van der Waals surface area contributed by atoms with Gasteiger partial charge in [-0.2, -0.15) is 0 Å². The van der Waals surface area contributed by atoms with Crippen LogP contribution in [0.15, 0.2) is 27.6 Å². The second kappa shape index (κ2) is 5.81. The molecule has 0 amide bonds. The van der Waals surface area contributed by atoms with Crippen molar-refractivity contribution >= 4 is 31.6 Å². The highest BCUT2D eigenvalue weighted by Gasteiger charge is 2.20. The predicted octanol–water partition coefficient (Wildman–Crippen LogP) is 1.08. The summed E-state index contributed by atoms with van der Waals surface area (Å²) in [5, 5.41) is 8.98. The first-order chi connectivity index (χ1) is 7.90. The van der Waals surface area contributed by atoms with Crippen molar-refractivity contribution in [3.8, 4) is 0 Å². The van der Waals surface area contributed by atoms with E-state index in [4.69, 9.17) is 10.8 Å². The molecule has 0 radical (unpaired) electrons. The Bertz CT molecular complexity index is 486. The van der Waals surface area contributed by atoms with Crippen molar-refractivity contribution in [1.29, 1.82) is 0 Å². The fourth-order valence-electron chi connectivity index (χ4n) is 1.30. The van der Waals surface area contributed by atoms with Crippen molar-refractivity contribution < 1.29 is 13.5 Å². The van der Waals surface area contributed by atoms with Gasteiger partial charge < -0.3 is 10.8 Å². The lowest BCUT2D eigenvalue weighted by Gasteiger charge is -2.15. The molecule has 4 N–H and O–H groups in total. The standard InChI is InChI=1S/C10H15BrN2O3S/c1-2-8(6-14)13-17(15,16)10-4-3-7(11)5-9(10)12/h3-5,8,13-14H,2,6,12H2,1H3. The summed E-state index contributed by atoms with van der Waals surface area (Å²) in [4.78, 5) is 0.0209. The van der Waals surface area contributed by atoms with Crippen LogP contribution in [0.3, 0.4) is 0 Å². The largest absolute Gasteiger partial charge is 0.398 e. The summed E-state index contributed by atoms with van der Waals surface area (Å²) in [6, 6.07) is 4.05. The second-order valence-corrected chi connectivity index (χ2v) is 6.19. The molecule has 0 aliphatic carbocycles. The number of hydrogen-bond acceptors (Lipinski definition) is 4. The van der Waals surface area contributed by atoms with Gasteiger partial charge in [0.15, 0.2) is 0 Å². The number of benzene rings is 1. The maximum absolute atomic E-state index is 12.0. The van der Waals surface area contributed by atoms with Crippen LogP contribution in [0.2, 0.25) is 0 Å². The molecular formula is C10H15BrN2O3S. The summed E-state index contributed by atoms with van der Waals surface area (Å²) in [5.41, 5.74) is 5.82. The van der Waals surface area contributed by atoms with E-state index in [0.717, 1.165) is 0 Å². The fourth-order valence-corrected chi connectivity index (χ4v) is 3.10. The molecule has 5 nitrogen and oxygen atoms in total. The molecule has 0 saturated heterocycles. The molecule has 1 atom stereocenters. The van der Waals surface area contributed by atoms with Gasteiger partial charge in [0.25, 0.3) is 0 Å². The average Bonchev–Trinajstić information content (AvgIpc) is 2.25. The minimum Gasteiger partial charge on any atom is -0.398 e. The molecule has 0 aliphatic heterocycles. The molecule has 0 aliphatic rings. The molecule has 1 rings (SSSR count). The number of aliphatic hydroxyl groups excluding tert-OH is 1. The van der Waals surface area contributed by atoms with Gasteiger partial charge in [0, 0.05) is 10.5 Å². The first-order valence-electron chi connectivity index (χ1n) is 5.09. The number of halogens is 1. The summed E-state index contributed by atoms with van der Waals surface area (Å²) >= 11 is 3.21. The zero-order valence-electron chi connectivity index (χ0n) is 9.35. The number of nitrogen functional groups attached to an aromatic ring is 1. The van der Waals surface area contributed by atoms with Crippen molar-refractivity contribution in [2.75, 3.05) is 12.3 Å². The van der Waals surface area contributed by atoms with Gasteiger partial charge >= 0.3 is 0 Å². The highest BCUT2D eigenvalue weighted by Crippen LogP contribution is 2.22. The van der Waals surface area contributed by atoms with Crippen LogP contribution >= 0.6 is 15.9 Å². The minimum atomic E-state index is -3.69. The summed E-state index contributed by atoms with van der Waals surface area (Å²) in [5.74, 6) is 0. The van der Waals surface area contributed by atoms with Gasteiger partial charge in [-0.3, -0.25) is 0 Å². The molecule has 1 aromatic rings. The van der Waals surface area contributed by atoms with E-state index >= 15 is 0 Å². The van der Waals surface area contributed by atoms with Crippen LogP contribution in [0, 0.1) is 0 Å². The number of anilines is 1. The molecule has 1 aromatic carbocycles. The SMILES string of the molecule is CCC(CO)NS(=O)(=O)c1ccc(Br)cc1N. The van der Waals surface area contributed by atoms with Crippen LogP contribution in [-0.4, -0.2) is 26.2 Å². The van der Waals surface area contributed by atoms with E-state index in [-0.39, 0.29) is 17.2 Å². The maximum Gasteiger partial charge on any atom is 0.242 e. The third kappa shape index (κ3) is 3.67. The maximum atomic E-state index is 12.0. The molecule has 0 aromatic heterocycles. The molecule has 17 heavy (non-hydrogen) atoms. The lowest BCUT2D eigenvalue weighted by Crippen LogP contribution is -2.37. The Balaban J connectivity index is 3.05. The highest BCUT2D eigenvalue weighted by atomic mass is 79.9. The summed E-state index contributed by atoms with van der Waals surface area (Å²) in [6.07, 6.45) is 0.506.